The Kier molecular flexibility index (Phi) is 4.59. The monoisotopic (exact) mass is 279 g/mol. The lowest BCUT2D eigenvalue weighted by Gasteiger charge is -2.28. The number of carbonyl (C=O) groups is 2. The van der Waals surface area contributed by atoms with Gasteiger partial charge in [-0.05, 0) is 46.5 Å². The van der Waals surface area contributed by atoms with Crippen LogP contribution in [0.3, 0.4) is 0 Å². The smallest absolute Gasteiger partial charge is 0.336 e. The number of ether oxygens (including phenoxy) is 2. The number of carbonyl (C=O) groups excluding carboxylic acids is 2. The molecule has 0 bridgehead atoms. The Morgan fingerprint density at radius 1 is 1.35 bits per heavy atom. The van der Waals surface area contributed by atoms with Crippen molar-refractivity contribution >= 4 is 11.9 Å². The predicted molar refractivity (Wildman–Crippen MR) is 72.4 cm³/mol. The van der Waals surface area contributed by atoms with Gasteiger partial charge in [0.25, 0.3) is 0 Å². The Morgan fingerprint density at radius 3 is 2.25 bits per heavy atom. The second-order valence-electron chi connectivity index (χ2n) is 5.90. The zero-order chi connectivity index (χ0) is 15.6. The van der Waals surface area contributed by atoms with Crippen molar-refractivity contribution < 1.29 is 19.1 Å². The minimum absolute atomic E-state index is 0.129. The van der Waals surface area contributed by atoms with Crippen molar-refractivity contribution in [1.29, 1.82) is 5.26 Å². The molecule has 0 heterocycles. The largest absolute Gasteiger partial charge is 0.465 e. The molecule has 1 aliphatic carbocycles. The molecule has 0 spiro atoms. The van der Waals surface area contributed by atoms with Crippen molar-refractivity contribution in [3.8, 4) is 6.07 Å². The van der Waals surface area contributed by atoms with Gasteiger partial charge in [-0.3, -0.25) is 0 Å². The fourth-order valence-corrected chi connectivity index (χ4v) is 2.00. The highest BCUT2D eigenvalue weighted by molar-refractivity contribution is 6.00. The molecule has 1 saturated carbocycles. The fraction of sp³-hybridized carbons (Fsp3) is 0.667. The van der Waals surface area contributed by atoms with Gasteiger partial charge in [0.2, 0.25) is 0 Å². The minimum atomic E-state index is -1.61. The van der Waals surface area contributed by atoms with E-state index < -0.39 is 23.0 Å². The van der Waals surface area contributed by atoms with Gasteiger partial charge in [0, 0.05) is 0 Å². The van der Waals surface area contributed by atoms with E-state index in [0.717, 1.165) is 0 Å². The Hall–Kier alpha value is -1.83. The number of hydrogen-bond acceptors (Lipinski definition) is 5. The van der Waals surface area contributed by atoms with Crippen LogP contribution in [0.15, 0.2) is 12.2 Å². The molecule has 0 aromatic rings. The van der Waals surface area contributed by atoms with Gasteiger partial charge in [0.05, 0.1) is 18.2 Å². The quantitative estimate of drug-likeness (QED) is 0.570. The summed E-state index contributed by atoms with van der Waals surface area (Å²) in [7, 11) is 0. The summed E-state index contributed by atoms with van der Waals surface area (Å²) in [5.41, 5.74) is -2.45. The molecule has 0 amide bonds. The van der Waals surface area contributed by atoms with Gasteiger partial charge in [0.15, 0.2) is 5.41 Å². The van der Waals surface area contributed by atoms with Crippen molar-refractivity contribution in [2.24, 2.45) is 11.3 Å². The first kappa shape index (κ1) is 16.2. The standard InChI is InChI=1S/C15H21NO4/c1-6-19-13(18)15(9-16,11-7-8-11)10(2)12(17)20-14(3,4)5/h11H,2,6-8H2,1,3-5H3. The maximum atomic E-state index is 12.2. The Bertz CT molecular complexity index is 465. The highest BCUT2D eigenvalue weighted by atomic mass is 16.6. The molecule has 1 fully saturated rings. The van der Waals surface area contributed by atoms with Crippen molar-refractivity contribution in [1.82, 2.24) is 0 Å². The van der Waals surface area contributed by atoms with Gasteiger partial charge >= 0.3 is 11.9 Å². The first-order chi connectivity index (χ1) is 9.19. The van der Waals surface area contributed by atoms with Crippen LogP contribution in [0.5, 0.6) is 0 Å². The molecule has 1 unspecified atom stereocenters. The van der Waals surface area contributed by atoms with Crippen LogP contribution in [0, 0.1) is 22.7 Å². The summed E-state index contributed by atoms with van der Waals surface area (Å²) in [5.74, 6) is -1.65. The molecule has 5 heteroatoms. The molecule has 1 rings (SSSR count). The van der Waals surface area contributed by atoms with E-state index in [4.69, 9.17) is 9.47 Å². The molecular weight excluding hydrogens is 258 g/mol. The van der Waals surface area contributed by atoms with Crippen molar-refractivity contribution in [2.45, 2.75) is 46.1 Å². The van der Waals surface area contributed by atoms with E-state index in [9.17, 15) is 14.9 Å². The van der Waals surface area contributed by atoms with Crippen LogP contribution in [-0.4, -0.2) is 24.1 Å². The average Bonchev–Trinajstić information content (AvgIpc) is 3.13. The molecule has 0 saturated heterocycles. The summed E-state index contributed by atoms with van der Waals surface area (Å²) in [4.78, 5) is 24.3. The summed E-state index contributed by atoms with van der Waals surface area (Å²) in [5, 5.41) is 9.48. The van der Waals surface area contributed by atoms with Gasteiger partial charge in [-0.25, -0.2) is 9.59 Å². The van der Waals surface area contributed by atoms with Crippen molar-refractivity contribution in [3.05, 3.63) is 12.2 Å². The molecule has 0 aromatic heterocycles. The summed E-state index contributed by atoms with van der Waals surface area (Å²) in [6, 6.07) is 1.95. The van der Waals surface area contributed by atoms with Crippen LogP contribution in [0.2, 0.25) is 0 Å². The molecule has 1 aliphatic rings. The minimum Gasteiger partial charge on any atom is -0.465 e. The number of nitriles is 1. The second kappa shape index (κ2) is 5.66. The molecular formula is C15H21NO4. The van der Waals surface area contributed by atoms with Gasteiger partial charge in [0.1, 0.15) is 5.60 Å². The van der Waals surface area contributed by atoms with E-state index in [1.54, 1.807) is 27.7 Å². The van der Waals surface area contributed by atoms with Gasteiger partial charge in [-0.2, -0.15) is 5.26 Å². The Labute approximate surface area is 119 Å². The van der Waals surface area contributed by atoms with Crippen molar-refractivity contribution in [3.63, 3.8) is 0 Å². The van der Waals surface area contributed by atoms with E-state index in [2.05, 4.69) is 6.58 Å². The van der Waals surface area contributed by atoms with Crippen LogP contribution in [0.25, 0.3) is 0 Å². The first-order valence-electron chi connectivity index (χ1n) is 6.70. The molecule has 5 nitrogen and oxygen atoms in total. The van der Waals surface area contributed by atoms with E-state index in [1.807, 2.05) is 6.07 Å². The van der Waals surface area contributed by atoms with Crippen LogP contribution in [0.4, 0.5) is 0 Å². The predicted octanol–water partition coefficient (Wildman–Crippen LogP) is 2.37. The van der Waals surface area contributed by atoms with Gasteiger partial charge in [-0.15, -0.1) is 0 Å². The zero-order valence-electron chi connectivity index (χ0n) is 12.5. The van der Waals surface area contributed by atoms with Crippen LogP contribution < -0.4 is 0 Å². The fourth-order valence-electron chi connectivity index (χ4n) is 2.00. The van der Waals surface area contributed by atoms with Crippen LogP contribution >= 0.6 is 0 Å². The van der Waals surface area contributed by atoms with Gasteiger partial charge < -0.3 is 9.47 Å². The molecule has 0 aromatic carbocycles. The summed E-state index contributed by atoms with van der Waals surface area (Å²) < 4.78 is 10.2. The third kappa shape index (κ3) is 3.19. The van der Waals surface area contributed by atoms with Crippen LogP contribution in [-0.2, 0) is 19.1 Å². The lowest BCUT2D eigenvalue weighted by atomic mass is 9.77. The normalized spacial score (nSPS) is 17.6. The molecule has 110 valence electrons. The number of nitrogens with zero attached hydrogens (tertiary/aromatic N) is 1. The van der Waals surface area contributed by atoms with Gasteiger partial charge in [-0.1, -0.05) is 6.58 Å². The zero-order valence-corrected chi connectivity index (χ0v) is 12.5. The maximum absolute atomic E-state index is 12.2. The molecule has 0 N–H and O–H groups in total. The lowest BCUT2D eigenvalue weighted by molar-refractivity contribution is -0.158. The average molecular weight is 279 g/mol. The third-order valence-corrected chi connectivity index (χ3v) is 3.08. The molecule has 1 atom stereocenters. The lowest BCUT2D eigenvalue weighted by Crippen LogP contribution is -2.40. The second-order valence-corrected chi connectivity index (χ2v) is 5.90. The number of hydrogen-bond donors (Lipinski definition) is 0. The van der Waals surface area contributed by atoms with E-state index in [-0.39, 0.29) is 18.1 Å². The molecule has 0 aliphatic heterocycles. The Balaban J connectivity index is 3.06. The SMILES string of the molecule is C=C(C(=O)OC(C)(C)C)C(C#N)(C(=O)OCC)C1CC1. The number of rotatable bonds is 5. The summed E-state index contributed by atoms with van der Waals surface area (Å²) in [6.07, 6.45) is 1.41. The highest BCUT2D eigenvalue weighted by Crippen LogP contribution is 2.50. The van der Waals surface area contributed by atoms with E-state index in [1.165, 1.54) is 0 Å². The topological polar surface area (TPSA) is 76.4 Å². The molecule has 20 heavy (non-hydrogen) atoms. The highest BCUT2D eigenvalue weighted by Gasteiger charge is 2.57. The maximum Gasteiger partial charge on any atom is 0.336 e. The third-order valence-electron chi connectivity index (χ3n) is 3.08. The van der Waals surface area contributed by atoms with Crippen LogP contribution in [0.1, 0.15) is 40.5 Å². The number of esters is 2. The van der Waals surface area contributed by atoms with E-state index >= 15 is 0 Å². The van der Waals surface area contributed by atoms with Crippen molar-refractivity contribution in [2.75, 3.05) is 6.61 Å². The summed E-state index contributed by atoms with van der Waals surface area (Å²) >= 11 is 0. The summed E-state index contributed by atoms with van der Waals surface area (Å²) in [6.45, 7) is 10.6. The van der Waals surface area contributed by atoms with E-state index in [0.29, 0.717) is 12.8 Å². The molecule has 0 radical (unpaired) electrons. The first-order valence-corrected chi connectivity index (χ1v) is 6.70. The Morgan fingerprint density at radius 2 is 1.90 bits per heavy atom.